The van der Waals surface area contributed by atoms with Crippen molar-refractivity contribution in [3.05, 3.63) is 5.82 Å². The zero-order valence-corrected chi connectivity index (χ0v) is 12.5. The van der Waals surface area contributed by atoms with E-state index in [0.29, 0.717) is 18.4 Å². The molecule has 3 heterocycles. The van der Waals surface area contributed by atoms with Crippen LogP contribution in [0.1, 0.15) is 31.0 Å². The summed E-state index contributed by atoms with van der Waals surface area (Å²) in [5.41, 5.74) is 0. The number of piperidine rings is 1. The Morgan fingerprint density at radius 2 is 2.05 bits per heavy atom. The van der Waals surface area contributed by atoms with E-state index in [4.69, 9.17) is 0 Å². The predicted octanol–water partition coefficient (Wildman–Crippen LogP) is -0.105. The summed E-state index contributed by atoms with van der Waals surface area (Å²) in [6.07, 6.45) is 2.81. The van der Waals surface area contributed by atoms with Gasteiger partial charge in [0.2, 0.25) is 5.95 Å². The smallest absolute Gasteiger partial charge is 0.244 e. The Bertz CT molecular complexity index is 562. The second-order valence-corrected chi connectivity index (χ2v) is 7.90. The second-order valence-electron chi connectivity index (χ2n) is 5.67. The van der Waals surface area contributed by atoms with E-state index in [0.717, 1.165) is 31.8 Å². The van der Waals surface area contributed by atoms with Gasteiger partial charge in [-0.15, -0.1) is 5.10 Å². The maximum Gasteiger partial charge on any atom is 0.244 e. The van der Waals surface area contributed by atoms with E-state index in [9.17, 15) is 8.42 Å². The average molecular weight is 299 g/mol. The van der Waals surface area contributed by atoms with Crippen molar-refractivity contribution in [2.75, 3.05) is 36.5 Å². The number of rotatable bonds is 3. The summed E-state index contributed by atoms with van der Waals surface area (Å²) in [4.78, 5) is 6.67. The zero-order valence-electron chi connectivity index (χ0n) is 11.7. The lowest BCUT2D eigenvalue weighted by molar-refractivity contribution is 0.439. The van der Waals surface area contributed by atoms with E-state index < -0.39 is 9.84 Å². The number of H-pyrrole nitrogens is 1. The van der Waals surface area contributed by atoms with E-state index >= 15 is 0 Å². The number of nitrogens with zero attached hydrogens (tertiary/aromatic N) is 3. The molecule has 0 amide bonds. The van der Waals surface area contributed by atoms with Crippen molar-refractivity contribution < 1.29 is 8.42 Å². The SMILES string of the molecule is CNC1CCN(c2n[nH]c(C3CCS(=O)(=O)C3)n2)CC1. The molecular weight excluding hydrogens is 278 g/mol. The summed E-state index contributed by atoms with van der Waals surface area (Å²) in [7, 11) is -0.888. The largest absolute Gasteiger partial charge is 0.339 e. The van der Waals surface area contributed by atoms with Crippen LogP contribution in [0, 0.1) is 0 Å². The van der Waals surface area contributed by atoms with E-state index in [1.165, 1.54) is 0 Å². The molecule has 112 valence electrons. The fourth-order valence-corrected chi connectivity index (χ4v) is 4.72. The monoisotopic (exact) mass is 299 g/mol. The summed E-state index contributed by atoms with van der Waals surface area (Å²) >= 11 is 0. The van der Waals surface area contributed by atoms with Gasteiger partial charge in [0.1, 0.15) is 5.82 Å². The van der Waals surface area contributed by atoms with E-state index in [1.807, 2.05) is 7.05 Å². The number of aromatic amines is 1. The summed E-state index contributed by atoms with van der Waals surface area (Å²) in [6.45, 7) is 1.87. The highest BCUT2D eigenvalue weighted by Crippen LogP contribution is 2.27. The Labute approximate surface area is 119 Å². The number of nitrogens with one attached hydrogen (secondary N) is 2. The van der Waals surface area contributed by atoms with Crippen molar-refractivity contribution in [3.8, 4) is 0 Å². The number of hydrogen-bond donors (Lipinski definition) is 2. The van der Waals surface area contributed by atoms with Crippen LogP contribution in [0.25, 0.3) is 0 Å². The van der Waals surface area contributed by atoms with Gasteiger partial charge in [-0.05, 0) is 26.3 Å². The van der Waals surface area contributed by atoms with Gasteiger partial charge in [-0.2, -0.15) is 4.98 Å². The highest BCUT2D eigenvalue weighted by molar-refractivity contribution is 7.91. The van der Waals surface area contributed by atoms with Gasteiger partial charge in [-0.1, -0.05) is 0 Å². The van der Waals surface area contributed by atoms with E-state index in [1.54, 1.807) is 0 Å². The number of aromatic nitrogens is 3. The van der Waals surface area contributed by atoms with Crippen molar-refractivity contribution in [3.63, 3.8) is 0 Å². The van der Waals surface area contributed by atoms with Gasteiger partial charge in [0, 0.05) is 25.0 Å². The summed E-state index contributed by atoms with van der Waals surface area (Å²) < 4.78 is 23.0. The van der Waals surface area contributed by atoms with Crippen LogP contribution in [-0.2, 0) is 9.84 Å². The maximum absolute atomic E-state index is 11.5. The third-order valence-electron chi connectivity index (χ3n) is 4.30. The Balaban J connectivity index is 1.66. The molecular formula is C12H21N5O2S. The van der Waals surface area contributed by atoms with Gasteiger partial charge in [-0.25, -0.2) is 8.42 Å². The molecule has 0 bridgehead atoms. The fraction of sp³-hybridized carbons (Fsp3) is 0.833. The van der Waals surface area contributed by atoms with Gasteiger partial charge in [0.15, 0.2) is 9.84 Å². The van der Waals surface area contributed by atoms with Crippen LogP contribution >= 0.6 is 0 Å². The third-order valence-corrected chi connectivity index (χ3v) is 6.06. The number of anilines is 1. The Kier molecular flexibility index (Phi) is 3.68. The van der Waals surface area contributed by atoms with Crippen molar-refractivity contribution in [1.82, 2.24) is 20.5 Å². The fourth-order valence-electron chi connectivity index (χ4n) is 2.97. The molecule has 2 saturated heterocycles. The molecule has 2 aliphatic rings. The lowest BCUT2D eigenvalue weighted by Crippen LogP contribution is -2.41. The third kappa shape index (κ3) is 2.80. The molecule has 0 spiro atoms. The topological polar surface area (TPSA) is 91.0 Å². The molecule has 2 N–H and O–H groups in total. The molecule has 0 saturated carbocycles. The van der Waals surface area contributed by atoms with Crippen molar-refractivity contribution in [1.29, 1.82) is 0 Å². The summed E-state index contributed by atoms with van der Waals surface area (Å²) in [5, 5.41) is 10.5. The first-order chi connectivity index (χ1) is 9.57. The minimum atomic E-state index is -2.88. The zero-order chi connectivity index (χ0) is 14.2. The van der Waals surface area contributed by atoms with Gasteiger partial charge < -0.3 is 10.2 Å². The maximum atomic E-state index is 11.5. The quantitative estimate of drug-likeness (QED) is 0.809. The van der Waals surface area contributed by atoms with Gasteiger partial charge in [0.05, 0.1) is 11.5 Å². The molecule has 1 aromatic rings. The molecule has 8 heteroatoms. The number of hydrogen-bond acceptors (Lipinski definition) is 6. The minimum absolute atomic E-state index is 0.0175. The van der Waals surface area contributed by atoms with Crippen LogP contribution < -0.4 is 10.2 Å². The average Bonchev–Trinajstić information content (AvgIpc) is 3.05. The second kappa shape index (κ2) is 5.33. The van der Waals surface area contributed by atoms with Crippen molar-refractivity contribution in [2.24, 2.45) is 0 Å². The van der Waals surface area contributed by atoms with Gasteiger partial charge in [0.25, 0.3) is 0 Å². The molecule has 3 rings (SSSR count). The van der Waals surface area contributed by atoms with Crippen LogP contribution in [0.15, 0.2) is 0 Å². The minimum Gasteiger partial charge on any atom is -0.339 e. The summed E-state index contributed by atoms with van der Waals surface area (Å²) in [5.74, 6) is 1.87. The summed E-state index contributed by atoms with van der Waals surface area (Å²) in [6, 6.07) is 0.574. The van der Waals surface area contributed by atoms with Crippen LogP contribution in [0.2, 0.25) is 0 Å². The molecule has 1 atom stereocenters. The van der Waals surface area contributed by atoms with E-state index in [-0.39, 0.29) is 17.4 Å². The molecule has 2 aliphatic heterocycles. The molecule has 7 nitrogen and oxygen atoms in total. The Hall–Kier alpha value is -1.15. The van der Waals surface area contributed by atoms with Gasteiger partial charge in [-0.3, -0.25) is 5.10 Å². The van der Waals surface area contributed by atoms with Crippen LogP contribution in [-0.4, -0.2) is 61.3 Å². The molecule has 2 fully saturated rings. The molecule has 0 radical (unpaired) electrons. The van der Waals surface area contributed by atoms with Crippen LogP contribution in [0.3, 0.4) is 0 Å². The van der Waals surface area contributed by atoms with Crippen molar-refractivity contribution in [2.45, 2.75) is 31.2 Å². The van der Waals surface area contributed by atoms with Crippen molar-refractivity contribution >= 4 is 15.8 Å². The normalized spacial score (nSPS) is 27.1. The van der Waals surface area contributed by atoms with Crippen LogP contribution in [0.4, 0.5) is 5.95 Å². The van der Waals surface area contributed by atoms with Crippen LogP contribution in [0.5, 0.6) is 0 Å². The predicted molar refractivity (Wildman–Crippen MR) is 76.7 cm³/mol. The first-order valence-electron chi connectivity index (χ1n) is 7.12. The molecule has 1 aromatic heterocycles. The lowest BCUT2D eigenvalue weighted by Gasteiger charge is -2.30. The first kappa shape index (κ1) is 13.8. The first-order valence-corrected chi connectivity index (χ1v) is 8.94. The highest BCUT2D eigenvalue weighted by Gasteiger charge is 2.32. The molecule has 0 aromatic carbocycles. The Morgan fingerprint density at radius 1 is 1.30 bits per heavy atom. The number of sulfone groups is 1. The molecule has 20 heavy (non-hydrogen) atoms. The Morgan fingerprint density at radius 3 is 2.65 bits per heavy atom. The standard InChI is InChI=1S/C12H21N5O2S/c1-13-10-2-5-17(6-3-10)12-14-11(15-16-12)9-4-7-20(18,19)8-9/h9-10,13H,2-8H2,1H3,(H,14,15,16). The highest BCUT2D eigenvalue weighted by atomic mass is 32.2. The molecule has 0 aliphatic carbocycles. The van der Waals surface area contributed by atoms with E-state index in [2.05, 4.69) is 25.4 Å². The van der Waals surface area contributed by atoms with Gasteiger partial charge >= 0.3 is 0 Å². The lowest BCUT2D eigenvalue weighted by atomic mass is 10.1. The molecule has 1 unspecified atom stereocenters.